The van der Waals surface area contributed by atoms with Crippen LogP contribution >= 0.6 is 27.5 Å². The summed E-state index contributed by atoms with van der Waals surface area (Å²) >= 11 is 9.57. The molecule has 2 N–H and O–H groups in total. The van der Waals surface area contributed by atoms with Gasteiger partial charge in [0, 0.05) is 22.5 Å². The number of rotatable bonds is 3. The van der Waals surface area contributed by atoms with E-state index in [1.807, 2.05) is 30.3 Å². The van der Waals surface area contributed by atoms with Crippen LogP contribution in [0.3, 0.4) is 0 Å². The van der Waals surface area contributed by atoms with Gasteiger partial charge in [0.1, 0.15) is 5.92 Å². The van der Waals surface area contributed by atoms with Crippen LogP contribution in [0.2, 0.25) is 5.02 Å². The molecule has 1 amide bonds. The highest BCUT2D eigenvalue weighted by Crippen LogP contribution is 2.36. The van der Waals surface area contributed by atoms with E-state index in [-0.39, 0.29) is 5.91 Å². The number of benzene rings is 2. The Morgan fingerprint density at radius 3 is 2.80 bits per heavy atom. The molecule has 5 nitrogen and oxygen atoms in total. The van der Waals surface area contributed by atoms with Crippen molar-refractivity contribution in [3.63, 3.8) is 0 Å². The van der Waals surface area contributed by atoms with Crippen molar-refractivity contribution in [2.24, 2.45) is 4.99 Å². The number of amides is 1. The molecule has 2 heterocycles. The van der Waals surface area contributed by atoms with Gasteiger partial charge in [0.15, 0.2) is 5.82 Å². The lowest BCUT2D eigenvalue weighted by molar-refractivity contribution is -0.115. The average Bonchev–Trinajstić information content (AvgIpc) is 3.13. The molecule has 0 saturated heterocycles. The third kappa shape index (κ3) is 2.99. The predicted molar refractivity (Wildman–Crippen MR) is 103 cm³/mol. The van der Waals surface area contributed by atoms with Gasteiger partial charge in [0.05, 0.1) is 10.2 Å². The van der Waals surface area contributed by atoms with Crippen molar-refractivity contribution >= 4 is 51.2 Å². The van der Waals surface area contributed by atoms with E-state index in [1.54, 1.807) is 24.4 Å². The number of fused-ring (bicyclic) bond motifs is 1. The molecule has 2 aromatic carbocycles. The molecule has 4 rings (SSSR count). The van der Waals surface area contributed by atoms with Crippen molar-refractivity contribution in [1.82, 2.24) is 10.2 Å². The summed E-state index contributed by atoms with van der Waals surface area (Å²) in [7, 11) is 0. The smallest absolute Gasteiger partial charge is 0.237 e. The third-order valence-corrected chi connectivity index (χ3v) is 4.97. The number of aromatic amines is 1. The normalized spacial score (nSPS) is 16.2. The van der Waals surface area contributed by atoms with Crippen LogP contribution in [0, 0.1) is 0 Å². The zero-order valence-electron chi connectivity index (χ0n) is 12.8. The third-order valence-electron chi connectivity index (χ3n) is 3.99. The second-order valence-corrected chi connectivity index (χ2v) is 6.81. The maximum Gasteiger partial charge on any atom is 0.237 e. The Morgan fingerprint density at radius 1 is 1.20 bits per heavy atom. The molecule has 1 aliphatic rings. The van der Waals surface area contributed by atoms with E-state index in [2.05, 4.69) is 36.4 Å². The Labute approximate surface area is 157 Å². The summed E-state index contributed by atoms with van der Waals surface area (Å²) in [6.45, 7) is 0. The Kier molecular flexibility index (Phi) is 4.15. The maximum atomic E-state index is 12.2. The summed E-state index contributed by atoms with van der Waals surface area (Å²) in [5.41, 5.74) is 3.42. The molecule has 0 bridgehead atoms. The summed E-state index contributed by atoms with van der Waals surface area (Å²) in [6.07, 6.45) is 1.59. The number of hydrogen-bond donors (Lipinski definition) is 2. The molecule has 0 fully saturated rings. The highest BCUT2D eigenvalue weighted by Gasteiger charge is 2.29. The fraction of sp³-hybridized carbons (Fsp3) is 0.0556. The molecule has 1 aliphatic heterocycles. The van der Waals surface area contributed by atoms with Gasteiger partial charge in [-0.25, -0.2) is 4.99 Å². The predicted octanol–water partition coefficient (Wildman–Crippen LogP) is 4.93. The summed E-state index contributed by atoms with van der Waals surface area (Å²) < 4.78 is 0.750. The molecule has 7 heteroatoms. The number of carbonyl (C=O) groups is 1. The number of hydrogen-bond acceptors (Lipinski definition) is 3. The molecule has 0 aliphatic carbocycles. The zero-order valence-corrected chi connectivity index (χ0v) is 15.2. The number of nitrogens with zero attached hydrogens (tertiary/aromatic N) is 2. The first-order valence-corrected chi connectivity index (χ1v) is 8.74. The number of halogens is 2. The first-order valence-electron chi connectivity index (χ1n) is 7.57. The van der Waals surface area contributed by atoms with Crippen LogP contribution in [0.15, 0.2) is 58.0 Å². The topological polar surface area (TPSA) is 70.1 Å². The van der Waals surface area contributed by atoms with Gasteiger partial charge in [0.25, 0.3) is 0 Å². The molecule has 25 heavy (non-hydrogen) atoms. The van der Waals surface area contributed by atoms with Gasteiger partial charge in [0.2, 0.25) is 5.91 Å². The van der Waals surface area contributed by atoms with Crippen LogP contribution in [0.5, 0.6) is 0 Å². The van der Waals surface area contributed by atoms with Gasteiger partial charge in [-0.15, -0.1) is 0 Å². The molecule has 3 aromatic rings. The molecule has 0 spiro atoms. The van der Waals surface area contributed by atoms with Crippen LogP contribution in [0.1, 0.15) is 11.5 Å². The first kappa shape index (κ1) is 16.1. The number of aliphatic imine (C=N–C) groups is 1. The molecule has 1 unspecified atom stereocenters. The largest absolute Gasteiger partial charge is 0.325 e. The fourth-order valence-corrected chi connectivity index (χ4v) is 3.44. The Bertz CT molecular complexity index is 984. The molecule has 0 saturated carbocycles. The number of nitrogens with one attached hydrogen (secondary N) is 2. The number of H-pyrrole nitrogens is 1. The summed E-state index contributed by atoms with van der Waals surface area (Å²) in [4.78, 5) is 16.6. The minimum absolute atomic E-state index is 0.129. The van der Waals surface area contributed by atoms with Gasteiger partial charge < -0.3 is 5.32 Å². The molecule has 1 aromatic heterocycles. The van der Waals surface area contributed by atoms with Gasteiger partial charge >= 0.3 is 0 Å². The van der Waals surface area contributed by atoms with Crippen LogP contribution < -0.4 is 5.32 Å². The fourth-order valence-electron chi connectivity index (χ4n) is 2.75. The van der Waals surface area contributed by atoms with E-state index in [4.69, 9.17) is 11.6 Å². The van der Waals surface area contributed by atoms with Crippen molar-refractivity contribution in [2.75, 3.05) is 5.32 Å². The first-order chi connectivity index (χ1) is 12.1. The van der Waals surface area contributed by atoms with Crippen LogP contribution in [0.4, 0.5) is 11.5 Å². The average molecular weight is 416 g/mol. The van der Waals surface area contributed by atoms with Crippen LogP contribution in [0.25, 0.3) is 11.3 Å². The van der Waals surface area contributed by atoms with Crippen molar-refractivity contribution in [3.8, 4) is 11.3 Å². The van der Waals surface area contributed by atoms with Crippen molar-refractivity contribution in [3.05, 3.63) is 63.6 Å². The van der Waals surface area contributed by atoms with E-state index >= 15 is 0 Å². The molecular formula is C18H12BrClN4O. The van der Waals surface area contributed by atoms with E-state index in [9.17, 15) is 4.79 Å². The number of aromatic nitrogens is 2. The lowest BCUT2D eigenvalue weighted by Crippen LogP contribution is -2.12. The Hall–Kier alpha value is -2.44. The quantitative estimate of drug-likeness (QED) is 0.595. The minimum atomic E-state index is -0.488. The molecule has 124 valence electrons. The van der Waals surface area contributed by atoms with Crippen molar-refractivity contribution in [2.45, 2.75) is 5.92 Å². The second-order valence-electron chi connectivity index (χ2n) is 5.58. The van der Waals surface area contributed by atoms with Gasteiger partial charge in [-0.3, -0.25) is 9.89 Å². The Balaban J connectivity index is 1.65. The van der Waals surface area contributed by atoms with E-state index in [0.717, 1.165) is 27.0 Å². The highest BCUT2D eigenvalue weighted by molar-refractivity contribution is 9.10. The van der Waals surface area contributed by atoms with E-state index in [0.29, 0.717) is 10.8 Å². The summed E-state index contributed by atoms with van der Waals surface area (Å²) in [5, 5.41) is 10.6. The lowest BCUT2D eigenvalue weighted by Gasteiger charge is -2.02. The standard InChI is InChI=1S/C18H12BrClN4O/c19-15-16(10-4-2-1-3-5-10)23-24-17(15)21-9-13-12-8-11(20)6-7-14(12)22-18(13)25/h1-9,13H,(H,22,25)(H,23,24). The number of carbonyl (C=O) groups excluding carboxylic acids is 1. The van der Waals surface area contributed by atoms with E-state index < -0.39 is 5.92 Å². The lowest BCUT2D eigenvalue weighted by atomic mass is 10.0. The van der Waals surface area contributed by atoms with Crippen molar-refractivity contribution in [1.29, 1.82) is 0 Å². The monoisotopic (exact) mass is 414 g/mol. The van der Waals surface area contributed by atoms with E-state index in [1.165, 1.54) is 0 Å². The molecule has 0 radical (unpaired) electrons. The second kappa shape index (κ2) is 6.46. The number of anilines is 1. The zero-order chi connectivity index (χ0) is 17.4. The Morgan fingerprint density at radius 2 is 2.00 bits per heavy atom. The summed E-state index contributed by atoms with van der Waals surface area (Å²) in [6, 6.07) is 15.1. The molecular weight excluding hydrogens is 404 g/mol. The minimum Gasteiger partial charge on any atom is -0.325 e. The molecule has 1 atom stereocenters. The van der Waals surface area contributed by atoms with Crippen molar-refractivity contribution < 1.29 is 4.79 Å². The van der Waals surface area contributed by atoms with Crippen LogP contribution in [-0.2, 0) is 4.79 Å². The van der Waals surface area contributed by atoms with Gasteiger partial charge in [-0.2, -0.15) is 5.10 Å². The van der Waals surface area contributed by atoms with Crippen LogP contribution in [-0.4, -0.2) is 22.3 Å². The SMILES string of the molecule is O=C1Nc2ccc(Cl)cc2C1C=Nc1n[nH]c(-c2ccccc2)c1Br. The van der Waals surface area contributed by atoms with Gasteiger partial charge in [-0.1, -0.05) is 41.9 Å². The highest BCUT2D eigenvalue weighted by atomic mass is 79.9. The summed E-state index contributed by atoms with van der Waals surface area (Å²) in [5.74, 6) is -0.129. The maximum absolute atomic E-state index is 12.2. The van der Waals surface area contributed by atoms with Gasteiger partial charge in [-0.05, 0) is 39.7 Å².